The first-order valence-electron chi connectivity index (χ1n) is 5.88. The Kier molecular flexibility index (Phi) is 4.16. The Bertz CT molecular complexity index is 389. The summed E-state index contributed by atoms with van der Waals surface area (Å²) in [6.45, 7) is 14.6. The van der Waals surface area contributed by atoms with Crippen LogP contribution in [0.2, 0.25) is 0 Å². The van der Waals surface area contributed by atoms with Crippen molar-refractivity contribution in [2.75, 3.05) is 6.54 Å². The number of carbonyl (C=O) groups excluding carboxylic acids is 1. The number of nitrogens with two attached hydrogens (primary N) is 1. The minimum Gasteiger partial charge on any atom is -0.402 e. The lowest BCUT2D eigenvalue weighted by molar-refractivity contribution is -0.123. The summed E-state index contributed by atoms with van der Waals surface area (Å²) in [4.78, 5) is 11.4. The molecule has 1 rings (SSSR count). The molecule has 0 bridgehead atoms. The number of hydrogen-bond acceptors (Lipinski definition) is 2. The molecule has 1 fully saturated rings. The third kappa shape index (κ3) is 2.99. The average molecular weight is 234 g/mol. The minimum absolute atomic E-state index is 0.0188. The highest BCUT2D eigenvalue weighted by molar-refractivity contribution is 5.77. The Balaban J connectivity index is 3.09. The normalized spacial score (nSPS) is 23.8. The van der Waals surface area contributed by atoms with Crippen LogP contribution in [-0.4, -0.2) is 12.5 Å². The van der Waals surface area contributed by atoms with Crippen LogP contribution in [0.1, 0.15) is 27.2 Å². The Hall–Kier alpha value is -1.51. The number of carbonyl (C=O) groups is 1. The maximum absolute atomic E-state index is 11.4. The van der Waals surface area contributed by atoms with Gasteiger partial charge < -0.3 is 11.1 Å². The molecular formula is C14H22N2O. The van der Waals surface area contributed by atoms with Gasteiger partial charge in [0, 0.05) is 30.5 Å². The molecule has 1 aliphatic heterocycles. The molecule has 1 heterocycles. The van der Waals surface area contributed by atoms with Gasteiger partial charge in [-0.15, -0.1) is 0 Å². The zero-order valence-corrected chi connectivity index (χ0v) is 11.0. The number of allylic oxidation sites excluding steroid dienone is 3. The Labute approximate surface area is 103 Å². The standard InChI is InChI=1S/C14H22N2O/c1-8(2)14(9(3)4)12-7-16-13(17)6-11(12)10(5)15/h11-12H,1,5-7,15H2,2-4H3,(H,16,17)/t11-,12+/m1/s1. The van der Waals surface area contributed by atoms with E-state index < -0.39 is 0 Å². The van der Waals surface area contributed by atoms with Crippen LogP contribution in [0.5, 0.6) is 0 Å². The van der Waals surface area contributed by atoms with Gasteiger partial charge in [-0.05, 0) is 26.3 Å². The number of hydrogen-bond donors (Lipinski definition) is 2. The van der Waals surface area contributed by atoms with Gasteiger partial charge in [0.25, 0.3) is 0 Å². The number of rotatable bonds is 3. The van der Waals surface area contributed by atoms with Crippen molar-refractivity contribution in [3.05, 3.63) is 35.6 Å². The summed E-state index contributed by atoms with van der Waals surface area (Å²) in [6.07, 6.45) is 0.421. The van der Waals surface area contributed by atoms with E-state index in [0.717, 1.165) is 5.57 Å². The fourth-order valence-corrected chi connectivity index (χ4v) is 2.59. The molecule has 2 atom stereocenters. The molecule has 3 heteroatoms. The van der Waals surface area contributed by atoms with Crippen molar-refractivity contribution in [3.63, 3.8) is 0 Å². The fraction of sp³-hybridized carbons (Fsp3) is 0.500. The minimum atomic E-state index is 0.0188. The van der Waals surface area contributed by atoms with E-state index in [2.05, 4.69) is 32.3 Å². The van der Waals surface area contributed by atoms with Crippen molar-refractivity contribution < 1.29 is 4.79 Å². The van der Waals surface area contributed by atoms with Gasteiger partial charge in [0.15, 0.2) is 0 Å². The number of amides is 1. The van der Waals surface area contributed by atoms with Crippen molar-refractivity contribution >= 4 is 5.91 Å². The first-order chi connectivity index (χ1) is 7.84. The number of nitrogens with one attached hydrogen (secondary N) is 1. The fourth-order valence-electron chi connectivity index (χ4n) is 2.59. The molecule has 0 spiro atoms. The Morgan fingerprint density at radius 2 is 1.88 bits per heavy atom. The van der Waals surface area contributed by atoms with E-state index >= 15 is 0 Å². The summed E-state index contributed by atoms with van der Waals surface area (Å²) in [5.74, 6) is 0.269. The van der Waals surface area contributed by atoms with E-state index in [0.29, 0.717) is 18.7 Å². The van der Waals surface area contributed by atoms with Crippen molar-refractivity contribution in [2.24, 2.45) is 17.6 Å². The van der Waals surface area contributed by atoms with Gasteiger partial charge in [0.2, 0.25) is 5.91 Å². The molecule has 3 nitrogen and oxygen atoms in total. The molecule has 17 heavy (non-hydrogen) atoms. The maximum atomic E-state index is 11.4. The van der Waals surface area contributed by atoms with E-state index in [1.54, 1.807) is 0 Å². The van der Waals surface area contributed by atoms with E-state index in [1.165, 1.54) is 11.1 Å². The highest BCUT2D eigenvalue weighted by atomic mass is 16.1. The van der Waals surface area contributed by atoms with Crippen LogP contribution in [0.25, 0.3) is 0 Å². The summed E-state index contributed by atoms with van der Waals surface area (Å²) in [6, 6.07) is 0. The molecule has 0 aliphatic carbocycles. The van der Waals surface area contributed by atoms with Crippen molar-refractivity contribution in [2.45, 2.75) is 27.2 Å². The lowest BCUT2D eigenvalue weighted by Gasteiger charge is -2.34. The van der Waals surface area contributed by atoms with Crippen LogP contribution in [-0.2, 0) is 4.79 Å². The van der Waals surface area contributed by atoms with E-state index in [4.69, 9.17) is 5.73 Å². The first-order valence-corrected chi connectivity index (χ1v) is 5.88. The second-order valence-electron chi connectivity index (χ2n) is 4.99. The summed E-state index contributed by atoms with van der Waals surface area (Å²) in [7, 11) is 0. The first kappa shape index (κ1) is 13.6. The summed E-state index contributed by atoms with van der Waals surface area (Å²) in [5.41, 5.74) is 9.89. The molecule has 0 aromatic rings. The zero-order chi connectivity index (χ0) is 13.2. The largest absolute Gasteiger partial charge is 0.402 e. The third-order valence-corrected chi connectivity index (χ3v) is 3.26. The third-order valence-electron chi connectivity index (χ3n) is 3.26. The van der Waals surface area contributed by atoms with Crippen LogP contribution in [0.4, 0.5) is 0 Å². The monoisotopic (exact) mass is 234 g/mol. The lowest BCUT2D eigenvalue weighted by atomic mass is 9.76. The molecule has 0 aromatic carbocycles. The Morgan fingerprint density at radius 3 is 2.29 bits per heavy atom. The molecule has 1 aliphatic rings. The zero-order valence-electron chi connectivity index (χ0n) is 11.0. The topological polar surface area (TPSA) is 55.1 Å². The van der Waals surface area contributed by atoms with Gasteiger partial charge >= 0.3 is 0 Å². The van der Waals surface area contributed by atoms with Crippen LogP contribution >= 0.6 is 0 Å². The van der Waals surface area contributed by atoms with Gasteiger partial charge in [-0.3, -0.25) is 4.79 Å². The second kappa shape index (κ2) is 5.21. The predicted molar refractivity (Wildman–Crippen MR) is 71.1 cm³/mol. The summed E-state index contributed by atoms with van der Waals surface area (Å²) < 4.78 is 0. The van der Waals surface area contributed by atoms with E-state index in [1.807, 2.05) is 6.92 Å². The van der Waals surface area contributed by atoms with Crippen LogP contribution in [0.15, 0.2) is 35.6 Å². The highest BCUT2D eigenvalue weighted by Gasteiger charge is 2.33. The van der Waals surface area contributed by atoms with E-state index in [-0.39, 0.29) is 17.7 Å². The molecule has 0 aromatic heterocycles. The van der Waals surface area contributed by atoms with Gasteiger partial charge in [0.1, 0.15) is 0 Å². The quantitative estimate of drug-likeness (QED) is 0.735. The predicted octanol–water partition coefficient (Wildman–Crippen LogP) is 2.12. The second-order valence-corrected chi connectivity index (χ2v) is 4.99. The summed E-state index contributed by atoms with van der Waals surface area (Å²) in [5, 5.41) is 2.90. The van der Waals surface area contributed by atoms with Gasteiger partial charge in [-0.1, -0.05) is 24.3 Å². The highest BCUT2D eigenvalue weighted by Crippen LogP contribution is 2.34. The maximum Gasteiger partial charge on any atom is 0.220 e. The number of piperidine rings is 1. The van der Waals surface area contributed by atoms with Crippen molar-refractivity contribution in [1.29, 1.82) is 0 Å². The Morgan fingerprint density at radius 1 is 1.29 bits per heavy atom. The molecule has 0 saturated carbocycles. The van der Waals surface area contributed by atoms with Crippen LogP contribution < -0.4 is 11.1 Å². The van der Waals surface area contributed by atoms with Crippen LogP contribution in [0.3, 0.4) is 0 Å². The average Bonchev–Trinajstić information content (AvgIpc) is 2.19. The smallest absolute Gasteiger partial charge is 0.220 e. The SMILES string of the molecule is C=C(C)C(=C(C)C)[C@H]1CNC(=O)C[C@@H]1C(=C)N. The van der Waals surface area contributed by atoms with E-state index in [9.17, 15) is 4.79 Å². The van der Waals surface area contributed by atoms with Gasteiger partial charge in [0.05, 0.1) is 0 Å². The lowest BCUT2D eigenvalue weighted by Crippen LogP contribution is -2.43. The van der Waals surface area contributed by atoms with Crippen molar-refractivity contribution in [3.8, 4) is 0 Å². The molecular weight excluding hydrogens is 212 g/mol. The van der Waals surface area contributed by atoms with Crippen molar-refractivity contribution in [1.82, 2.24) is 5.32 Å². The molecule has 3 N–H and O–H groups in total. The van der Waals surface area contributed by atoms with Gasteiger partial charge in [-0.2, -0.15) is 0 Å². The summed E-state index contributed by atoms with van der Waals surface area (Å²) >= 11 is 0. The molecule has 0 radical (unpaired) electrons. The molecule has 1 saturated heterocycles. The molecule has 1 amide bonds. The van der Waals surface area contributed by atoms with Gasteiger partial charge in [-0.25, -0.2) is 0 Å². The van der Waals surface area contributed by atoms with Crippen LogP contribution in [0, 0.1) is 11.8 Å². The molecule has 94 valence electrons. The molecule has 0 unspecified atom stereocenters.